The maximum atomic E-state index is 5.69. The molecule has 1 aliphatic rings. The highest BCUT2D eigenvalue weighted by molar-refractivity contribution is 7.73. The first kappa shape index (κ1) is 12.2. The summed E-state index contributed by atoms with van der Waals surface area (Å²) in [6.07, 6.45) is 0.579. The van der Waals surface area contributed by atoms with Gasteiger partial charge >= 0.3 is 0 Å². The summed E-state index contributed by atoms with van der Waals surface area (Å²) in [5.74, 6) is 0. The summed E-state index contributed by atoms with van der Waals surface area (Å²) in [7, 11) is 0. The zero-order chi connectivity index (χ0) is 11.7. The summed E-state index contributed by atoms with van der Waals surface area (Å²) in [4.78, 5) is 2.34. The van der Waals surface area contributed by atoms with E-state index in [4.69, 9.17) is 17.0 Å². The van der Waals surface area contributed by atoms with E-state index in [1.165, 1.54) is 0 Å². The summed E-state index contributed by atoms with van der Waals surface area (Å²) in [5, 5.41) is 5.43. The molecule has 1 fully saturated rings. The molecule has 90 valence electrons. The Morgan fingerprint density at radius 3 is 2.56 bits per heavy atom. The Kier molecular flexibility index (Phi) is 3.73. The minimum absolute atomic E-state index is 0.289. The van der Waals surface area contributed by atoms with Gasteiger partial charge in [-0.1, -0.05) is 11.3 Å². The van der Waals surface area contributed by atoms with Gasteiger partial charge in [-0.25, -0.2) is 4.68 Å². The first-order chi connectivity index (χ1) is 7.54. The lowest BCUT2D eigenvalue weighted by atomic mass is 10.2. The van der Waals surface area contributed by atoms with Crippen molar-refractivity contribution in [3.63, 3.8) is 0 Å². The van der Waals surface area contributed by atoms with Gasteiger partial charge in [0.05, 0.1) is 18.9 Å². The Morgan fingerprint density at radius 1 is 1.44 bits per heavy atom. The van der Waals surface area contributed by atoms with Crippen molar-refractivity contribution >= 4 is 23.6 Å². The third-order valence-corrected chi connectivity index (χ3v) is 3.76. The third kappa shape index (κ3) is 2.88. The van der Waals surface area contributed by atoms with Crippen LogP contribution in [0.2, 0.25) is 0 Å². The molecule has 2 heterocycles. The molecule has 0 saturated carbocycles. The number of ether oxygens (including phenoxy) is 1. The summed E-state index contributed by atoms with van der Waals surface area (Å²) in [6, 6.07) is 0. The van der Waals surface area contributed by atoms with Gasteiger partial charge in [-0.3, -0.25) is 4.90 Å². The Hall–Kier alpha value is -0.300. The molecule has 0 amide bonds. The minimum atomic E-state index is 0.289. The standard InChI is InChI=1S/C10H17N3OS2/c1-7-4-12(5-8(2)14-7)6-13-10(15)16-9(3)11-13/h7-8H,4-6H2,1-3H3/t7-,8-/m1/s1. The molecule has 1 aliphatic heterocycles. The number of hydrogen-bond acceptors (Lipinski definition) is 5. The molecule has 0 aliphatic carbocycles. The van der Waals surface area contributed by atoms with Crippen LogP contribution in [-0.4, -0.2) is 40.0 Å². The molecule has 2 rings (SSSR count). The number of hydrogen-bond donors (Lipinski definition) is 0. The molecule has 0 radical (unpaired) electrons. The number of rotatable bonds is 2. The quantitative estimate of drug-likeness (QED) is 0.761. The second kappa shape index (κ2) is 4.91. The smallest absolute Gasteiger partial charge is 0.180 e. The van der Waals surface area contributed by atoms with Crippen LogP contribution >= 0.6 is 23.6 Å². The van der Waals surface area contributed by atoms with Crippen molar-refractivity contribution in [2.45, 2.75) is 39.6 Å². The zero-order valence-electron chi connectivity index (χ0n) is 9.84. The van der Waals surface area contributed by atoms with Crippen molar-refractivity contribution in [3.05, 3.63) is 8.96 Å². The molecular formula is C10H17N3OS2. The van der Waals surface area contributed by atoms with E-state index in [0.717, 1.165) is 28.7 Å². The van der Waals surface area contributed by atoms with Crippen LogP contribution in [0.5, 0.6) is 0 Å². The predicted molar refractivity (Wildman–Crippen MR) is 67.3 cm³/mol. The van der Waals surface area contributed by atoms with Crippen molar-refractivity contribution in [2.75, 3.05) is 13.1 Å². The molecule has 0 spiro atoms. The Bertz CT molecular complexity index is 404. The van der Waals surface area contributed by atoms with E-state index in [9.17, 15) is 0 Å². The molecule has 2 atom stereocenters. The molecule has 1 aromatic rings. The van der Waals surface area contributed by atoms with E-state index in [0.29, 0.717) is 0 Å². The van der Waals surface area contributed by atoms with Crippen LogP contribution in [0.4, 0.5) is 0 Å². The van der Waals surface area contributed by atoms with E-state index in [2.05, 4.69) is 23.8 Å². The molecule has 1 saturated heterocycles. The van der Waals surface area contributed by atoms with Crippen LogP contribution < -0.4 is 0 Å². The third-order valence-electron chi connectivity index (χ3n) is 2.54. The number of morpholine rings is 1. The minimum Gasteiger partial charge on any atom is -0.373 e. The first-order valence-electron chi connectivity index (χ1n) is 5.47. The van der Waals surface area contributed by atoms with Crippen LogP contribution in [0.15, 0.2) is 0 Å². The lowest BCUT2D eigenvalue weighted by Gasteiger charge is -2.34. The number of aromatic nitrogens is 2. The van der Waals surface area contributed by atoms with Gasteiger partial charge in [0, 0.05) is 13.1 Å². The van der Waals surface area contributed by atoms with Gasteiger partial charge in [-0.15, -0.1) is 0 Å². The van der Waals surface area contributed by atoms with Crippen LogP contribution in [0, 0.1) is 10.9 Å². The fourth-order valence-corrected chi connectivity index (χ4v) is 3.15. The molecule has 0 N–H and O–H groups in total. The van der Waals surface area contributed by atoms with E-state index >= 15 is 0 Å². The van der Waals surface area contributed by atoms with Crippen molar-refractivity contribution in [1.29, 1.82) is 0 Å². The Morgan fingerprint density at radius 2 is 2.06 bits per heavy atom. The van der Waals surface area contributed by atoms with Gasteiger partial charge in [0.1, 0.15) is 5.01 Å². The van der Waals surface area contributed by atoms with Gasteiger partial charge in [-0.2, -0.15) is 5.10 Å². The fourth-order valence-electron chi connectivity index (χ4n) is 2.09. The SMILES string of the molecule is Cc1nn(CN2C[C@@H](C)O[C@H](C)C2)c(=S)s1. The van der Waals surface area contributed by atoms with E-state index in [1.807, 2.05) is 11.6 Å². The van der Waals surface area contributed by atoms with Crippen molar-refractivity contribution in [1.82, 2.24) is 14.7 Å². The topological polar surface area (TPSA) is 30.3 Å². The van der Waals surface area contributed by atoms with Crippen LogP contribution in [-0.2, 0) is 11.4 Å². The second-order valence-electron chi connectivity index (χ2n) is 4.32. The highest BCUT2D eigenvalue weighted by atomic mass is 32.1. The highest BCUT2D eigenvalue weighted by Crippen LogP contribution is 2.13. The highest BCUT2D eigenvalue weighted by Gasteiger charge is 2.22. The van der Waals surface area contributed by atoms with Crippen LogP contribution in [0.25, 0.3) is 0 Å². The molecule has 16 heavy (non-hydrogen) atoms. The van der Waals surface area contributed by atoms with Crippen molar-refractivity contribution in [3.8, 4) is 0 Å². The lowest BCUT2D eigenvalue weighted by Crippen LogP contribution is -2.46. The molecule has 0 bridgehead atoms. The van der Waals surface area contributed by atoms with Gasteiger partial charge in [0.15, 0.2) is 3.95 Å². The monoisotopic (exact) mass is 259 g/mol. The maximum absolute atomic E-state index is 5.69. The number of aryl methyl sites for hydroxylation is 1. The van der Waals surface area contributed by atoms with Gasteiger partial charge in [0.2, 0.25) is 0 Å². The average molecular weight is 259 g/mol. The Labute approximate surface area is 105 Å². The molecular weight excluding hydrogens is 242 g/mol. The summed E-state index contributed by atoms with van der Waals surface area (Å²) in [5.41, 5.74) is 0. The van der Waals surface area contributed by atoms with Crippen LogP contribution in [0.1, 0.15) is 18.9 Å². The summed E-state index contributed by atoms with van der Waals surface area (Å²) < 4.78 is 8.45. The van der Waals surface area contributed by atoms with Gasteiger partial charge < -0.3 is 4.74 Å². The summed E-state index contributed by atoms with van der Waals surface area (Å²) >= 11 is 6.83. The van der Waals surface area contributed by atoms with E-state index < -0.39 is 0 Å². The second-order valence-corrected chi connectivity index (χ2v) is 6.15. The number of nitrogens with zero attached hydrogens (tertiary/aromatic N) is 3. The van der Waals surface area contributed by atoms with E-state index in [-0.39, 0.29) is 12.2 Å². The predicted octanol–water partition coefficient (Wildman–Crippen LogP) is 2.05. The molecule has 0 aromatic carbocycles. The van der Waals surface area contributed by atoms with Gasteiger partial charge in [-0.05, 0) is 33.0 Å². The first-order valence-corrected chi connectivity index (χ1v) is 6.69. The normalized spacial score (nSPS) is 27.2. The molecule has 1 aromatic heterocycles. The lowest BCUT2D eigenvalue weighted by molar-refractivity contribution is -0.0776. The molecule has 6 heteroatoms. The van der Waals surface area contributed by atoms with Crippen LogP contribution in [0.3, 0.4) is 0 Å². The maximum Gasteiger partial charge on any atom is 0.180 e. The fraction of sp³-hybridized carbons (Fsp3) is 0.800. The van der Waals surface area contributed by atoms with Crippen molar-refractivity contribution < 1.29 is 4.74 Å². The largest absolute Gasteiger partial charge is 0.373 e. The zero-order valence-corrected chi connectivity index (χ0v) is 11.5. The van der Waals surface area contributed by atoms with Crippen molar-refractivity contribution in [2.24, 2.45) is 0 Å². The van der Waals surface area contributed by atoms with Gasteiger partial charge in [0.25, 0.3) is 0 Å². The molecule has 0 unspecified atom stereocenters. The summed E-state index contributed by atoms with van der Waals surface area (Å²) in [6.45, 7) is 8.87. The Balaban J connectivity index is 2.04. The molecule has 4 nitrogen and oxygen atoms in total. The van der Waals surface area contributed by atoms with E-state index in [1.54, 1.807) is 11.3 Å². The average Bonchev–Trinajstić information content (AvgIpc) is 2.43.